The van der Waals surface area contributed by atoms with Crippen LogP contribution in [0.2, 0.25) is 0 Å². The minimum absolute atomic E-state index is 0.0222. The first-order valence-corrected chi connectivity index (χ1v) is 12.8. The summed E-state index contributed by atoms with van der Waals surface area (Å²) in [5.41, 5.74) is 0.0529. The average molecular weight is 439 g/mol. The van der Waals surface area contributed by atoms with Gasteiger partial charge in [0.2, 0.25) is 0 Å². The summed E-state index contributed by atoms with van der Waals surface area (Å²) in [5.74, 6) is 1.45. The van der Waals surface area contributed by atoms with E-state index in [1.807, 2.05) is 6.92 Å². The van der Waals surface area contributed by atoms with Crippen LogP contribution in [0, 0.1) is 11.8 Å². The number of hydrogen-bond donors (Lipinski definition) is 2. The molecule has 6 heteroatoms. The van der Waals surface area contributed by atoms with Crippen LogP contribution in [0.4, 0.5) is 4.79 Å². The topological polar surface area (TPSA) is 76.7 Å². The van der Waals surface area contributed by atoms with Gasteiger partial charge in [0.05, 0.1) is 6.61 Å². The predicted molar refractivity (Wildman–Crippen MR) is 124 cm³/mol. The van der Waals surface area contributed by atoms with E-state index in [2.05, 4.69) is 17.6 Å². The molecule has 2 aliphatic carbocycles. The summed E-state index contributed by atoms with van der Waals surface area (Å²) in [7, 11) is 0. The molecule has 0 spiro atoms. The number of esters is 1. The number of rotatable bonds is 15. The molecule has 2 amide bonds. The van der Waals surface area contributed by atoms with Crippen LogP contribution in [0.3, 0.4) is 0 Å². The Hall–Kier alpha value is -1.30. The number of unbranched alkanes of at least 4 members (excludes halogenated alkanes) is 5. The van der Waals surface area contributed by atoms with E-state index in [9.17, 15) is 9.59 Å². The Bertz CT molecular complexity index is 524. The SMILES string of the molecule is CCOC(=O)CCCCCCOCCCCCNC(=O)NC12CCCC(CC(C)C1)C2. The van der Waals surface area contributed by atoms with Crippen molar-refractivity contribution in [1.29, 1.82) is 0 Å². The van der Waals surface area contributed by atoms with Crippen molar-refractivity contribution in [3.63, 3.8) is 0 Å². The molecule has 0 heterocycles. The minimum Gasteiger partial charge on any atom is -0.466 e. The highest BCUT2D eigenvalue weighted by Crippen LogP contribution is 2.45. The second kappa shape index (κ2) is 14.7. The number of hydrogen-bond acceptors (Lipinski definition) is 4. The van der Waals surface area contributed by atoms with Gasteiger partial charge in [0, 0.05) is 31.7 Å². The maximum atomic E-state index is 12.4. The molecule has 2 aliphatic rings. The molecular weight excluding hydrogens is 392 g/mol. The largest absolute Gasteiger partial charge is 0.466 e. The van der Waals surface area contributed by atoms with Gasteiger partial charge in [-0.3, -0.25) is 4.79 Å². The highest BCUT2D eigenvalue weighted by Gasteiger charge is 2.42. The van der Waals surface area contributed by atoms with Crippen molar-refractivity contribution in [2.24, 2.45) is 11.8 Å². The van der Waals surface area contributed by atoms with Gasteiger partial charge in [-0.25, -0.2) is 4.79 Å². The van der Waals surface area contributed by atoms with Crippen molar-refractivity contribution < 1.29 is 19.1 Å². The maximum Gasteiger partial charge on any atom is 0.315 e. The molecule has 0 aromatic heterocycles. The molecule has 31 heavy (non-hydrogen) atoms. The van der Waals surface area contributed by atoms with E-state index in [0.717, 1.165) is 89.4 Å². The summed E-state index contributed by atoms with van der Waals surface area (Å²) < 4.78 is 10.6. The molecule has 0 aromatic carbocycles. The van der Waals surface area contributed by atoms with Crippen LogP contribution in [0.1, 0.15) is 104 Å². The number of carbonyl (C=O) groups excluding carboxylic acids is 2. The molecule has 0 radical (unpaired) electrons. The van der Waals surface area contributed by atoms with Crippen molar-refractivity contribution in [1.82, 2.24) is 10.6 Å². The van der Waals surface area contributed by atoms with Crippen molar-refractivity contribution >= 4 is 12.0 Å². The molecule has 0 saturated heterocycles. The fourth-order valence-corrected chi connectivity index (χ4v) is 5.51. The zero-order valence-electron chi connectivity index (χ0n) is 20.0. The fraction of sp³-hybridized carbons (Fsp3) is 0.920. The first-order chi connectivity index (χ1) is 15.0. The Morgan fingerprint density at radius 1 is 1.00 bits per heavy atom. The molecule has 6 nitrogen and oxygen atoms in total. The predicted octanol–water partition coefficient (Wildman–Crippen LogP) is 5.35. The van der Waals surface area contributed by atoms with Crippen LogP contribution in [0.5, 0.6) is 0 Å². The van der Waals surface area contributed by atoms with E-state index in [-0.39, 0.29) is 17.5 Å². The molecule has 3 unspecified atom stereocenters. The summed E-state index contributed by atoms with van der Waals surface area (Å²) in [6.07, 6.45) is 15.1. The lowest BCUT2D eigenvalue weighted by molar-refractivity contribution is -0.143. The Morgan fingerprint density at radius 3 is 2.52 bits per heavy atom. The lowest BCUT2D eigenvalue weighted by Gasteiger charge is -2.48. The monoisotopic (exact) mass is 438 g/mol. The van der Waals surface area contributed by atoms with Crippen molar-refractivity contribution in [3.05, 3.63) is 0 Å². The Kier molecular flexibility index (Phi) is 12.3. The summed E-state index contributed by atoms with van der Waals surface area (Å²) in [6.45, 7) is 6.96. The zero-order valence-corrected chi connectivity index (χ0v) is 20.0. The van der Waals surface area contributed by atoms with E-state index in [4.69, 9.17) is 9.47 Å². The highest BCUT2D eigenvalue weighted by molar-refractivity contribution is 5.74. The van der Waals surface area contributed by atoms with Crippen molar-refractivity contribution in [3.8, 4) is 0 Å². The Morgan fingerprint density at radius 2 is 1.74 bits per heavy atom. The molecule has 2 rings (SSSR count). The highest BCUT2D eigenvalue weighted by atomic mass is 16.5. The van der Waals surface area contributed by atoms with Gasteiger partial charge in [0.15, 0.2) is 0 Å². The van der Waals surface area contributed by atoms with Crippen LogP contribution in [-0.2, 0) is 14.3 Å². The van der Waals surface area contributed by atoms with E-state index >= 15 is 0 Å². The van der Waals surface area contributed by atoms with Crippen LogP contribution < -0.4 is 10.6 Å². The summed E-state index contributed by atoms with van der Waals surface area (Å²) in [5, 5.41) is 6.41. The minimum atomic E-state index is -0.0865. The molecule has 2 bridgehead atoms. The second-order valence-corrected chi connectivity index (χ2v) is 9.81. The van der Waals surface area contributed by atoms with Crippen molar-refractivity contribution in [2.75, 3.05) is 26.4 Å². The fourth-order valence-electron chi connectivity index (χ4n) is 5.51. The Balaban J connectivity index is 1.38. The van der Waals surface area contributed by atoms with E-state index < -0.39 is 0 Å². The van der Waals surface area contributed by atoms with Gasteiger partial charge in [-0.2, -0.15) is 0 Å². The smallest absolute Gasteiger partial charge is 0.315 e. The Labute approximate surface area is 189 Å². The average Bonchev–Trinajstić information content (AvgIpc) is 2.70. The van der Waals surface area contributed by atoms with Gasteiger partial charge in [0.25, 0.3) is 0 Å². The third-order valence-corrected chi connectivity index (χ3v) is 6.78. The molecule has 180 valence electrons. The van der Waals surface area contributed by atoms with Crippen LogP contribution in [0.15, 0.2) is 0 Å². The van der Waals surface area contributed by atoms with Crippen LogP contribution in [-0.4, -0.2) is 43.9 Å². The quantitative estimate of drug-likeness (QED) is 0.267. The number of ether oxygens (including phenoxy) is 2. The molecule has 2 fully saturated rings. The first-order valence-electron chi connectivity index (χ1n) is 12.8. The van der Waals surface area contributed by atoms with E-state index in [1.165, 1.54) is 25.7 Å². The number of carbonyl (C=O) groups is 2. The van der Waals surface area contributed by atoms with E-state index in [0.29, 0.717) is 13.0 Å². The van der Waals surface area contributed by atoms with Gasteiger partial charge in [0.1, 0.15) is 0 Å². The van der Waals surface area contributed by atoms with Crippen LogP contribution in [0.25, 0.3) is 0 Å². The van der Waals surface area contributed by atoms with Crippen LogP contribution >= 0.6 is 0 Å². The lowest BCUT2D eigenvalue weighted by atomic mass is 9.64. The molecule has 2 saturated carbocycles. The number of amides is 2. The molecule has 0 aliphatic heterocycles. The van der Waals surface area contributed by atoms with Gasteiger partial charge < -0.3 is 20.1 Å². The third kappa shape index (κ3) is 10.7. The summed E-state index contributed by atoms with van der Waals surface area (Å²) >= 11 is 0. The first kappa shape index (κ1) is 26.0. The van der Waals surface area contributed by atoms with E-state index in [1.54, 1.807) is 0 Å². The number of fused-ring (bicyclic) bond motifs is 2. The molecule has 0 aromatic rings. The molecule has 3 atom stereocenters. The number of urea groups is 1. The second-order valence-electron chi connectivity index (χ2n) is 9.81. The van der Waals surface area contributed by atoms with Gasteiger partial charge >= 0.3 is 12.0 Å². The maximum absolute atomic E-state index is 12.4. The van der Waals surface area contributed by atoms with Gasteiger partial charge in [-0.1, -0.05) is 32.6 Å². The summed E-state index contributed by atoms with van der Waals surface area (Å²) in [6, 6.07) is 0.0222. The number of nitrogens with one attached hydrogen (secondary N) is 2. The lowest BCUT2D eigenvalue weighted by Crippen LogP contribution is -2.57. The van der Waals surface area contributed by atoms with Gasteiger partial charge in [-0.15, -0.1) is 0 Å². The van der Waals surface area contributed by atoms with Gasteiger partial charge in [-0.05, 0) is 76.5 Å². The summed E-state index contributed by atoms with van der Waals surface area (Å²) in [4.78, 5) is 23.6. The standard InChI is InChI=1S/C25H46N2O4/c1-3-31-23(28)13-7-4-5-9-16-30-17-10-6-8-15-26-24(29)27-25-14-11-12-22(20-25)18-21(2)19-25/h21-22H,3-20H2,1-2H3,(H2,26,27,29). The zero-order chi connectivity index (χ0) is 22.4. The molecular formula is C25H46N2O4. The van der Waals surface area contributed by atoms with Crippen molar-refractivity contribution in [2.45, 2.75) is 109 Å². The third-order valence-electron chi connectivity index (χ3n) is 6.78. The normalized spacial score (nSPS) is 25.1. The molecule has 2 N–H and O–H groups in total.